The minimum Gasteiger partial charge on any atom is -0.445 e. The molecule has 2 aromatic rings. The van der Waals surface area contributed by atoms with E-state index in [1.807, 2.05) is 42.5 Å². The molecule has 2 fully saturated rings. The molecule has 2 heterocycles. The van der Waals surface area contributed by atoms with Crippen LogP contribution in [0.15, 0.2) is 48.7 Å². The summed E-state index contributed by atoms with van der Waals surface area (Å²) in [6.45, 7) is 3.06. The van der Waals surface area contributed by atoms with E-state index in [2.05, 4.69) is 15.2 Å². The first-order valence-corrected chi connectivity index (χ1v) is 11.2. The standard InChI is InChI=1S/C24H30N4O3/c29-23(20-9-4-5-10-20)26-21-11-12-22(25-17-21)27-13-6-14-28(16-15-27)24(30)31-18-19-7-2-1-3-8-19/h1-3,7-8,11-12,17,20H,4-6,9-10,13-16,18H2,(H,26,29). The van der Waals surface area contributed by atoms with Crippen molar-refractivity contribution in [3.8, 4) is 0 Å². The third-order valence-electron chi connectivity index (χ3n) is 6.02. The Balaban J connectivity index is 1.27. The average molecular weight is 423 g/mol. The molecule has 164 valence electrons. The van der Waals surface area contributed by atoms with Gasteiger partial charge in [-0.25, -0.2) is 9.78 Å². The number of amides is 2. The molecule has 2 aliphatic rings. The van der Waals surface area contributed by atoms with Crippen LogP contribution in [0, 0.1) is 5.92 Å². The minimum absolute atomic E-state index is 0.103. The second-order valence-electron chi connectivity index (χ2n) is 8.24. The summed E-state index contributed by atoms with van der Waals surface area (Å²) in [5, 5.41) is 2.99. The van der Waals surface area contributed by atoms with E-state index in [1.54, 1.807) is 11.1 Å². The number of hydrogen-bond acceptors (Lipinski definition) is 5. The van der Waals surface area contributed by atoms with Crippen molar-refractivity contribution in [2.75, 3.05) is 36.4 Å². The molecule has 0 atom stereocenters. The average Bonchev–Trinajstić information content (AvgIpc) is 3.24. The molecule has 1 saturated heterocycles. The van der Waals surface area contributed by atoms with Crippen molar-refractivity contribution < 1.29 is 14.3 Å². The number of anilines is 2. The quantitative estimate of drug-likeness (QED) is 0.787. The summed E-state index contributed by atoms with van der Waals surface area (Å²) in [5.41, 5.74) is 1.72. The van der Waals surface area contributed by atoms with Crippen LogP contribution in [0.2, 0.25) is 0 Å². The highest BCUT2D eigenvalue weighted by molar-refractivity contribution is 5.92. The van der Waals surface area contributed by atoms with E-state index in [0.29, 0.717) is 19.6 Å². The lowest BCUT2D eigenvalue weighted by atomic mass is 10.1. The molecular formula is C24H30N4O3. The molecule has 0 radical (unpaired) electrons. The Hall–Kier alpha value is -3.09. The van der Waals surface area contributed by atoms with Crippen LogP contribution in [0.3, 0.4) is 0 Å². The minimum atomic E-state index is -0.274. The van der Waals surface area contributed by atoms with E-state index >= 15 is 0 Å². The van der Waals surface area contributed by atoms with Gasteiger partial charge in [-0.3, -0.25) is 4.79 Å². The molecule has 1 saturated carbocycles. The second-order valence-corrected chi connectivity index (χ2v) is 8.24. The molecule has 2 amide bonds. The molecule has 1 aromatic carbocycles. The maximum atomic E-state index is 12.5. The zero-order valence-corrected chi connectivity index (χ0v) is 17.8. The van der Waals surface area contributed by atoms with Crippen LogP contribution in [-0.4, -0.2) is 48.1 Å². The fourth-order valence-corrected chi connectivity index (χ4v) is 4.22. The normalized spacial score (nSPS) is 17.3. The molecule has 31 heavy (non-hydrogen) atoms. The van der Waals surface area contributed by atoms with E-state index in [4.69, 9.17) is 4.74 Å². The van der Waals surface area contributed by atoms with Crippen LogP contribution in [0.5, 0.6) is 0 Å². The fraction of sp³-hybridized carbons (Fsp3) is 0.458. The predicted molar refractivity (Wildman–Crippen MR) is 120 cm³/mol. The van der Waals surface area contributed by atoms with Gasteiger partial charge in [0.1, 0.15) is 12.4 Å². The molecule has 1 N–H and O–H groups in total. The summed E-state index contributed by atoms with van der Waals surface area (Å²) in [7, 11) is 0. The van der Waals surface area contributed by atoms with Crippen molar-refractivity contribution in [2.45, 2.75) is 38.7 Å². The van der Waals surface area contributed by atoms with Gasteiger partial charge in [-0.1, -0.05) is 43.2 Å². The number of carbonyl (C=O) groups excluding carboxylic acids is 2. The van der Waals surface area contributed by atoms with Gasteiger partial charge in [0.2, 0.25) is 5.91 Å². The third kappa shape index (κ3) is 5.75. The summed E-state index contributed by atoms with van der Waals surface area (Å²) >= 11 is 0. The van der Waals surface area contributed by atoms with Crippen LogP contribution < -0.4 is 10.2 Å². The Morgan fingerprint density at radius 3 is 2.52 bits per heavy atom. The summed E-state index contributed by atoms with van der Waals surface area (Å²) in [6.07, 6.45) is 6.54. The third-order valence-corrected chi connectivity index (χ3v) is 6.02. The highest BCUT2D eigenvalue weighted by Crippen LogP contribution is 2.26. The fourth-order valence-electron chi connectivity index (χ4n) is 4.22. The Kier molecular flexibility index (Phi) is 7.02. The topological polar surface area (TPSA) is 74.8 Å². The van der Waals surface area contributed by atoms with Gasteiger partial charge in [-0.2, -0.15) is 0 Å². The number of rotatable bonds is 5. The van der Waals surface area contributed by atoms with E-state index < -0.39 is 0 Å². The predicted octanol–water partition coefficient (Wildman–Crippen LogP) is 4.06. The lowest BCUT2D eigenvalue weighted by Gasteiger charge is -2.23. The van der Waals surface area contributed by atoms with E-state index in [-0.39, 0.29) is 24.5 Å². The number of hydrogen-bond donors (Lipinski definition) is 1. The van der Waals surface area contributed by atoms with Gasteiger partial charge >= 0.3 is 6.09 Å². The molecular weight excluding hydrogens is 392 g/mol. The molecule has 0 unspecified atom stereocenters. The smallest absolute Gasteiger partial charge is 0.410 e. The van der Waals surface area contributed by atoms with Crippen molar-refractivity contribution in [1.29, 1.82) is 0 Å². The Morgan fingerprint density at radius 1 is 0.968 bits per heavy atom. The highest BCUT2D eigenvalue weighted by Gasteiger charge is 2.23. The summed E-state index contributed by atoms with van der Waals surface area (Å²) in [6, 6.07) is 13.6. The first-order chi connectivity index (χ1) is 15.2. The van der Waals surface area contributed by atoms with Crippen molar-refractivity contribution in [3.05, 3.63) is 54.2 Å². The number of nitrogens with one attached hydrogen (secondary N) is 1. The van der Waals surface area contributed by atoms with Gasteiger partial charge in [0.15, 0.2) is 0 Å². The van der Waals surface area contributed by atoms with Crippen LogP contribution in [0.1, 0.15) is 37.7 Å². The maximum absolute atomic E-state index is 12.5. The van der Waals surface area contributed by atoms with Crippen LogP contribution in [-0.2, 0) is 16.1 Å². The first-order valence-electron chi connectivity index (χ1n) is 11.2. The van der Waals surface area contributed by atoms with Crippen molar-refractivity contribution in [3.63, 3.8) is 0 Å². The van der Waals surface area contributed by atoms with Gasteiger partial charge in [-0.15, -0.1) is 0 Å². The molecule has 1 aliphatic heterocycles. The largest absolute Gasteiger partial charge is 0.445 e. The number of nitrogens with zero attached hydrogens (tertiary/aromatic N) is 3. The zero-order valence-electron chi connectivity index (χ0n) is 17.8. The van der Waals surface area contributed by atoms with Crippen molar-refractivity contribution in [1.82, 2.24) is 9.88 Å². The van der Waals surface area contributed by atoms with Crippen LogP contribution >= 0.6 is 0 Å². The van der Waals surface area contributed by atoms with Gasteiger partial charge in [-0.05, 0) is 37.0 Å². The van der Waals surface area contributed by atoms with Crippen LogP contribution in [0.25, 0.3) is 0 Å². The number of ether oxygens (including phenoxy) is 1. The number of carbonyl (C=O) groups is 2. The maximum Gasteiger partial charge on any atom is 0.410 e. The molecule has 1 aromatic heterocycles. The monoisotopic (exact) mass is 422 g/mol. The summed E-state index contributed by atoms with van der Waals surface area (Å²) < 4.78 is 5.47. The van der Waals surface area contributed by atoms with E-state index in [0.717, 1.165) is 55.7 Å². The van der Waals surface area contributed by atoms with Crippen molar-refractivity contribution >= 4 is 23.5 Å². The molecule has 0 spiro atoms. The SMILES string of the molecule is O=C(Nc1ccc(N2CCCN(C(=O)OCc3ccccc3)CC2)nc1)C1CCCC1. The number of benzene rings is 1. The van der Waals surface area contributed by atoms with Gasteiger partial charge in [0, 0.05) is 32.1 Å². The van der Waals surface area contributed by atoms with Crippen LogP contribution in [0.4, 0.5) is 16.3 Å². The Morgan fingerprint density at radius 2 is 1.77 bits per heavy atom. The van der Waals surface area contributed by atoms with Gasteiger partial charge in [0.25, 0.3) is 0 Å². The molecule has 4 rings (SSSR count). The number of pyridine rings is 1. The lowest BCUT2D eigenvalue weighted by Crippen LogP contribution is -2.35. The summed E-state index contributed by atoms with van der Waals surface area (Å²) in [4.78, 5) is 33.2. The van der Waals surface area contributed by atoms with E-state index in [9.17, 15) is 9.59 Å². The Bertz CT molecular complexity index is 866. The van der Waals surface area contributed by atoms with Crippen molar-refractivity contribution in [2.24, 2.45) is 5.92 Å². The number of aromatic nitrogens is 1. The molecule has 7 heteroatoms. The molecule has 7 nitrogen and oxygen atoms in total. The van der Waals surface area contributed by atoms with Gasteiger partial charge < -0.3 is 19.9 Å². The first kappa shape index (κ1) is 21.2. The lowest BCUT2D eigenvalue weighted by molar-refractivity contribution is -0.119. The highest BCUT2D eigenvalue weighted by atomic mass is 16.6. The zero-order chi connectivity index (χ0) is 21.5. The second kappa shape index (κ2) is 10.3. The molecule has 0 bridgehead atoms. The summed E-state index contributed by atoms with van der Waals surface area (Å²) in [5.74, 6) is 1.10. The molecule has 1 aliphatic carbocycles. The Labute approximate surface area is 183 Å². The van der Waals surface area contributed by atoms with Gasteiger partial charge in [0.05, 0.1) is 11.9 Å². The van der Waals surface area contributed by atoms with E-state index in [1.165, 1.54) is 0 Å².